The van der Waals surface area contributed by atoms with Crippen molar-refractivity contribution in [2.75, 3.05) is 39.0 Å². The van der Waals surface area contributed by atoms with E-state index in [1.165, 1.54) is 10.6 Å². The largest absolute Gasteiger partial charge is 0.338 e. The van der Waals surface area contributed by atoms with Crippen LogP contribution in [0.25, 0.3) is 0 Å². The molecule has 2 rings (SSSR count). The normalized spacial score (nSPS) is 28.8. The Balaban J connectivity index is 2.00. The van der Waals surface area contributed by atoms with Crippen molar-refractivity contribution in [3.05, 3.63) is 0 Å². The Kier molecular flexibility index (Phi) is 4.71. The average Bonchev–Trinajstić information content (AvgIpc) is 2.87. The summed E-state index contributed by atoms with van der Waals surface area (Å²) >= 11 is 0. The number of hydrogen-bond acceptors (Lipinski definition) is 4. The fourth-order valence-corrected chi connectivity index (χ4v) is 4.09. The van der Waals surface area contributed by atoms with Crippen LogP contribution in [-0.4, -0.2) is 68.0 Å². The highest BCUT2D eigenvalue weighted by molar-refractivity contribution is 7.88. The molecule has 0 spiro atoms. The van der Waals surface area contributed by atoms with Crippen molar-refractivity contribution in [3.63, 3.8) is 0 Å². The third-order valence-corrected chi connectivity index (χ3v) is 5.63. The summed E-state index contributed by atoms with van der Waals surface area (Å²) in [5.74, 6) is 0.157. The van der Waals surface area contributed by atoms with Gasteiger partial charge in [0.2, 0.25) is 15.9 Å². The molecule has 2 aliphatic rings. The number of nitrogens with one attached hydrogen (secondary N) is 1. The molecular weight excluding hydrogens is 278 g/mol. The van der Waals surface area contributed by atoms with Crippen LogP contribution in [0.3, 0.4) is 0 Å². The number of rotatable bonds is 4. The molecule has 1 N–H and O–H groups in total. The first-order valence-corrected chi connectivity index (χ1v) is 9.23. The van der Waals surface area contributed by atoms with E-state index >= 15 is 0 Å². The maximum atomic E-state index is 12.8. The maximum absolute atomic E-state index is 12.8. The van der Waals surface area contributed by atoms with Crippen molar-refractivity contribution in [1.29, 1.82) is 0 Å². The Bertz CT molecular complexity index is 449. The highest BCUT2D eigenvalue weighted by Crippen LogP contribution is 2.27. The summed E-state index contributed by atoms with van der Waals surface area (Å²) in [6.07, 6.45) is 4.99. The zero-order valence-corrected chi connectivity index (χ0v) is 13.2. The summed E-state index contributed by atoms with van der Waals surface area (Å²) in [5, 5.41) is 3.39. The zero-order valence-electron chi connectivity index (χ0n) is 12.4. The minimum atomic E-state index is -3.14. The number of hydrogen-bond donors (Lipinski definition) is 1. The van der Waals surface area contributed by atoms with Gasteiger partial charge in [-0.3, -0.25) is 4.79 Å². The molecule has 0 aromatic heterocycles. The molecule has 0 radical (unpaired) electrons. The second kappa shape index (κ2) is 5.99. The number of carbonyl (C=O) groups excluding carboxylic acids is 1. The molecule has 7 heteroatoms. The molecule has 0 bridgehead atoms. The smallest absolute Gasteiger partial charge is 0.242 e. The molecule has 1 atom stereocenters. The van der Waals surface area contributed by atoms with E-state index in [0.29, 0.717) is 26.2 Å². The quantitative estimate of drug-likeness (QED) is 0.794. The number of nitrogens with zero attached hydrogens (tertiary/aromatic N) is 2. The Morgan fingerprint density at radius 3 is 2.35 bits per heavy atom. The number of amides is 1. The van der Waals surface area contributed by atoms with Crippen LogP contribution in [0.15, 0.2) is 0 Å². The number of sulfonamides is 1. The van der Waals surface area contributed by atoms with Crippen molar-refractivity contribution >= 4 is 15.9 Å². The van der Waals surface area contributed by atoms with E-state index in [0.717, 1.165) is 32.2 Å². The summed E-state index contributed by atoms with van der Waals surface area (Å²) in [5.41, 5.74) is -0.401. The van der Waals surface area contributed by atoms with Gasteiger partial charge in [0.1, 0.15) is 0 Å². The van der Waals surface area contributed by atoms with Crippen LogP contribution in [0.1, 0.15) is 32.6 Å². The maximum Gasteiger partial charge on any atom is 0.242 e. The molecular formula is C13H25N3O3S. The zero-order chi connectivity index (χ0) is 14.8. The molecule has 6 nitrogen and oxygen atoms in total. The van der Waals surface area contributed by atoms with Gasteiger partial charge in [0.15, 0.2) is 0 Å². The van der Waals surface area contributed by atoms with E-state index in [4.69, 9.17) is 0 Å². The Labute approximate surface area is 121 Å². The average molecular weight is 303 g/mol. The van der Waals surface area contributed by atoms with Gasteiger partial charge in [-0.15, -0.1) is 0 Å². The lowest BCUT2D eigenvalue weighted by molar-refractivity contribution is -0.139. The highest BCUT2D eigenvalue weighted by Gasteiger charge is 2.43. The lowest BCUT2D eigenvalue weighted by Gasteiger charge is -2.39. The standard InChI is InChI=1S/C13H25N3O3S/c1-3-5-13(6-4-7-14-13)12(17)15-8-10-16(11-9-15)20(2,18)19/h14H,3-11H2,1-2H3. The van der Waals surface area contributed by atoms with Crippen molar-refractivity contribution in [2.45, 2.75) is 38.1 Å². The molecule has 0 saturated carbocycles. The summed E-state index contributed by atoms with van der Waals surface area (Å²) in [6, 6.07) is 0. The van der Waals surface area contributed by atoms with E-state index < -0.39 is 15.6 Å². The van der Waals surface area contributed by atoms with Gasteiger partial charge in [-0.05, 0) is 25.8 Å². The SMILES string of the molecule is CCCC1(C(=O)N2CCN(S(C)(=O)=O)CC2)CCCN1. The van der Waals surface area contributed by atoms with Crippen LogP contribution in [-0.2, 0) is 14.8 Å². The number of piperazine rings is 1. The van der Waals surface area contributed by atoms with E-state index in [1.807, 2.05) is 4.90 Å². The van der Waals surface area contributed by atoms with E-state index in [9.17, 15) is 13.2 Å². The summed E-state index contributed by atoms with van der Waals surface area (Å²) in [7, 11) is -3.14. The first-order valence-electron chi connectivity index (χ1n) is 7.38. The summed E-state index contributed by atoms with van der Waals surface area (Å²) in [6.45, 7) is 4.81. The van der Waals surface area contributed by atoms with Crippen molar-refractivity contribution in [1.82, 2.24) is 14.5 Å². The van der Waals surface area contributed by atoms with Crippen LogP contribution in [0.5, 0.6) is 0 Å². The third kappa shape index (κ3) is 3.15. The molecule has 116 valence electrons. The van der Waals surface area contributed by atoms with E-state index in [2.05, 4.69) is 12.2 Å². The third-order valence-electron chi connectivity index (χ3n) is 4.32. The van der Waals surface area contributed by atoms with Gasteiger partial charge < -0.3 is 10.2 Å². The minimum Gasteiger partial charge on any atom is -0.338 e. The van der Waals surface area contributed by atoms with Gasteiger partial charge >= 0.3 is 0 Å². The van der Waals surface area contributed by atoms with Crippen LogP contribution >= 0.6 is 0 Å². The fourth-order valence-electron chi connectivity index (χ4n) is 3.26. The fraction of sp³-hybridized carbons (Fsp3) is 0.923. The van der Waals surface area contributed by atoms with Crippen LogP contribution in [0.2, 0.25) is 0 Å². The lowest BCUT2D eigenvalue weighted by Crippen LogP contribution is -2.59. The van der Waals surface area contributed by atoms with Crippen molar-refractivity contribution in [3.8, 4) is 0 Å². The van der Waals surface area contributed by atoms with Gasteiger partial charge in [-0.25, -0.2) is 8.42 Å². The van der Waals surface area contributed by atoms with Gasteiger partial charge in [-0.2, -0.15) is 4.31 Å². The highest BCUT2D eigenvalue weighted by atomic mass is 32.2. The van der Waals surface area contributed by atoms with E-state index in [1.54, 1.807) is 0 Å². The summed E-state index contributed by atoms with van der Waals surface area (Å²) in [4.78, 5) is 14.6. The molecule has 0 aromatic rings. The van der Waals surface area contributed by atoms with Crippen LogP contribution in [0, 0.1) is 0 Å². The molecule has 1 unspecified atom stereocenters. The van der Waals surface area contributed by atoms with E-state index in [-0.39, 0.29) is 5.91 Å². The molecule has 1 amide bonds. The van der Waals surface area contributed by atoms with Crippen LogP contribution < -0.4 is 5.32 Å². The number of carbonyl (C=O) groups is 1. The molecule has 0 aromatic carbocycles. The topological polar surface area (TPSA) is 69.7 Å². The van der Waals surface area contributed by atoms with Crippen LogP contribution in [0.4, 0.5) is 0 Å². The molecule has 20 heavy (non-hydrogen) atoms. The Hall–Kier alpha value is -0.660. The van der Waals surface area contributed by atoms with Gasteiger partial charge in [0.05, 0.1) is 11.8 Å². The van der Waals surface area contributed by atoms with Crippen molar-refractivity contribution in [2.24, 2.45) is 0 Å². The molecule has 2 saturated heterocycles. The second-order valence-electron chi connectivity index (χ2n) is 5.82. The van der Waals surface area contributed by atoms with Gasteiger partial charge in [0.25, 0.3) is 0 Å². The first-order chi connectivity index (χ1) is 9.39. The predicted molar refractivity (Wildman–Crippen MR) is 77.9 cm³/mol. The Morgan fingerprint density at radius 2 is 1.90 bits per heavy atom. The predicted octanol–water partition coefficient (Wildman–Crippen LogP) is 0.0125. The molecule has 2 heterocycles. The minimum absolute atomic E-state index is 0.157. The Morgan fingerprint density at radius 1 is 1.25 bits per heavy atom. The second-order valence-corrected chi connectivity index (χ2v) is 7.80. The monoisotopic (exact) mass is 303 g/mol. The molecule has 2 fully saturated rings. The van der Waals surface area contributed by atoms with Gasteiger partial charge in [-0.1, -0.05) is 13.3 Å². The molecule has 2 aliphatic heterocycles. The van der Waals surface area contributed by atoms with Crippen molar-refractivity contribution < 1.29 is 13.2 Å². The molecule has 0 aliphatic carbocycles. The summed E-state index contributed by atoms with van der Waals surface area (Å²) < 4.78 is 24.4. The first kappa shape index (κ1) is 15.7. The lowest BCUT2D eigenvalue weighted by atomic mass is 9.90. The van der Waals surface area contributed by atoms with Gasteiger partial charge in [0, 0.05) is 26.2 Å².